The lowest BCUT2D eigenvalue weighted by Gasteiger charge is -2.00. The number of nitrogens with zero attached hydrogens (tertiary/aromatic N) is 4. The van der Waals surface area contributed by atoms with Gasteiger partial charge in [-0.05, 0) is 6.07 Å². The van der Waals surface area contributed by atoms with Gasteiger partial charge in [-0.1, -0.05) is 0 Å². The number of aryl methyl sites for hydroxylation is 1. The Kier molecular flexibility index (Phi) is 1.81. The Balaban J connectivity index is 2.61. The lowest BCUT2D eigenvalue weighted by molar-refractivity contribution is 0.185. The zero-order chi connectivity index (χ0) is 10.1. The Labute approximate surface area is 79.0 Å². The molecule has 0 aliphatic heterocycles. The van der Waals surface area contributed by atoms with Gasteiger partial charge >= 0.3 is 0 Å². The van der Waals surface area contributed by atoms with E-state index in [1.54, 1.807) is 24.0 Å². The lowest BCUT2D eigenvalue weighted by atomic mass is 10.4. The van der Waals surface area contributed by atoms with Crippen LogP contribution in [-0.4, -0.2) is 24.7 Å². The van der Waals surface area contributed by atoms with E-state index >= 15 is 0 Å². The molecule has 0 aliphatic carbocycles. The van der Waals surface area contributed by atoms with Crippen LogP contribution in [-0.2, 0) is 7.05 Å². The van der Waals surface area contributed by atoms with Gasteiger partial charge in [0.1, 0.15) is 5.69 Å². The lowest BCUT2D eigenvalue weighted by Crippen LogP contribution is -2.12. The first-order valence-corrected chi connectivity index (χ1v) is 3.96. The molecule has 0 fully saturated rings. The summed E-state index contributed by atoms with van der Waals surface area (Å²) in [6.07, 6.45) is 2.94. The number of hydrogen-bond donors (Lipinski definition) is 1. The van der Waals surface area contributed by atoms with Crippen molar-refractivity contribution < 1.29 is 5.21 Å². The van der Waals surface area contributed by atoms with E-state index in [1.165, 1.54) is 12.3 Å². The van der Waals surface area contributed by atoms with Gasteiger partial charge in [0.2, 0.25) is 0 Å². The molecule has 6 heteroatoms. The van der Waals surface area contributed by atoms with Gasteiger partial charge < -0.3 is 5.21 Å². The fourth-order valence-corrected chi connectivity index (χ4v) is 1.11. The molecule has 2 heterocycles. The van der Waals surface area contributed by atoms with Gasteiger partial charge in [0.05, 0.1) is 6.20 Å². The molecule has 14 heavy (non-hydrogen) atoms. The van der Waals surface area contributed by atoms with Crippen molar-refractivity contribution in [1.29, 1.82) is 0 Å². The highest BCUT2D eigenvalue weighted by molar-refractivity contribution is 5.47. The fraction of sp³-hybridized carbons (Fsp3) is 0.125. The standard InChI is InChI=1S/C8H8N4O2/c1-11-4-2-6(10-11)8-9-7(13)3-5-12(8)14/h2-5,14H,1H3. The zero-order valence-corrected chi connectivity index (χ0v) is 7.45. The van der Waals surface area contributed by atoms with Gasteiger partial charge in [0, 0.05) is 19.3 Å². The van der Waals surface area contributed by atoms with E-state index in [2.05, 4.69) is 10.1 Å². The average molecular weight is 192 g/mol. The molecule has 0 saturated heterocycles. The van der Waals surface area contributed by atoms with Crippen LogP contribution in [0, 0.1) is 0 Å². The summed E-state index contributed by atoms with van der Waals surface area (Å²) in [6, 6.07) is 2.83. The highest BCUT2D eigenvalue weighted by Gasteiger charge is 2.07. The molecule has 0 atom stereocenters. The molecular weight excluding hydrogens is 184 g/mol. The maximum atomic E-state index is 11.0. The highest BCUT2D eigenvalue weighted by Crippen LogP contribution is 2.09. The smallest absolute Gasteiger partial charge is 0.273 e. The van der Waals surface area contributed by atoms with E-state index in [0.29, 0.717) is 5.69 Å². The SMILES string of the molecule is Cn1ccc(-c2nc(=O)ccn2O)n1. The van der Waals surface area contributed by atoms with E-state index < -0.39 is 5.56 Å². The minimum atomic E-state index is -0.407. The molecule has 2 aromatic heterocycles. The maximum Gasteiger partial charge on any atom is 0.273 e. The van der Waals surface area contributed by atoms with Crippen LogP contribution in [0.1, 0.15) is 0 Å². The van der Waals surface area contributed by atoms with Crippen LogP contribution >= 0.6 is 0 Å². The molecule has 0 unspecified atom stereocenters. The van der Waals surface area contributed by atoms with Crippen molar-refractivity contribution in [2.24, 2.45) is 7.05 Å². The van der Waals surface area contributed by atoms with Crippen molar-refractivity contribution >= 4 is 0 Å². The van der Waals surface area contributed by atoms with Crippen LogP contribution in [0.15, 0.2) is 29.3 Å². The summed E-state index contributed by atoms with van der Waals surface area (Å²) >= 11 is 0. The van der Waals surface area contributed by atoms with Crippen LogP contribution < -0.4 is 5.56 Å². The van der Waals surface area contributed by atoms with Gasteiger partial charge in [0.25, 0.3) is 5.56 Å². The Morgan fingerprint density at radius 1 is 1.36 bits per heavy atom. The Bertz CT molecular complexity index is 514. The second-order valence-electron chi connectivity index (χ2n) is 2.81. The molecule has 0 amide bonds. The van der Waals surface area contributed by atoms with Crippen LogP contribution in [0.4, 0.5) is 0 Å². The van der Waals surface area contributed by atoms with E-state index in [0.717, 1.165) is 4.73 Å². The average Bonchev–Trinajstić information content (AvgIpc) is 2.56. The molecule has 0 spiro atoms. The quantitative estimate of drug-likeness (QED) is 0.639. The Hall–Kier alpha value is -2.11. The molecule has 0 bridgehead atoms. The fourth-order valence-electron chi connectivity index (χ4n) is 1.11. The third kappa shape index (κ3) is 1.37. The third-order valence-corrected chi connectivity index (χ3v) is 1.73. The van der Waals surface area contributed by atoms with E-state index in [1.807, 2.05) is 0 Å². The van der Waals surface area contributed by atoms with Gasteiger partial charge in [-0.2, -0.15) is 14.8 Å². The molecule has 0 radical (unpaired) electrons. The summed E-state index contributed by atoms with van der Waals surface area (Å²) in [5.74, 6) is 0.137. The Morgan fingerprint density at radius 3 is 2.79 bits per heavy atom. The van der Waals surface area contributed by atoms with E-state index in [9.17, 15) is 10.0 Å². The van der Waals surface area contributed by atoms with Crippen LogP contribution in [0.3, 0.4) is 0 Å². The van der Waals surface area contributed by atoms with Gasteiger partial charge in [-0.25, -0.2) is 0 Å². The molecule has 72 valence electrons. The van der Waals surface area contributed by atoms with Gasteiger partial charge in [0.15, 0.2) is 5.82 Å². The van der Waals surface area contributed by atoms with E-state index in [-0.39, 0.29) is 5.82 Å². The minimum Gasteiger partial charge on any atom is -0.427 e. The van der Waals surface area contributed by atoms with Crippen LogP contribution in [0.25, 0.3) is 11.5 Å². The highest BCUT2D eigenvalue weighted by atomic mass is 16.5. The molecule has 6 nitrogen and oxygen atoms in total. The molecular formula is C8H8N4O2. The first-order valence-electron chi connectivity index (χ1n) is 3.96. The summed E-state index contributed by atoms with van der Waals surface area (Å²) in [4.78, 5) is 14.6. The van der Waals surface area contributed by atoms with Crippen LogP contribution in [0.5, 0.6) is 0 Å². The topological polar surface area (TPSA) is 72.9 Å². The van der Waals surface area contributed by atoms with Gasteiger partial charge in [-0.15, -0.1) is 0 Å². The molecule has 0 saturated carbocycles. The summed E-state index contributed by atoms with van der Waals surface area (Å²) in [5, 5.41) is 13.4. The summed E-state index contributed by atoms with van der Waals surface area (Å²) in [5.41, 5.74) is 0.0450. The monoisotopic (exact) mass is 192 g/mol. The summed E-state index contributed by atoms with van der Waals surface area (Å²) in [6.45, 7) is 0. The largest absolute Gasteiger partial charge is 0.427 e. The number of rotatable bonds is 1. The van der Waals surface area contributed by atoms with Crippen molar-refractivity contribution in [3.63, 3.8) is 0 Å². The minimum absolute atomic E-state index is 0.137. The van der Waals surface area contributed by atoms with Crippen molar-refractivity contribution in [1.82, 2.24) is 19.5 Å². The molecule has 0 aliphatic rings. The van der Waals surface area contributed by atoms with Crippen molar-refractivity contribution in [2.45, 2.75) is 0 Å². The summed E-state index contributed by atoms with van der Waals surface area (Å²) < 4.78 is 2.33. The van der Waals surface area contributed by atoms with E-state index in [4.69, 9.17) is 0 Å². The molecule has 1 N–H and O–H groups in total. The van der Waals surface area contributed by atoms with Crippen LogP contribution in [0.2, 0.25) is 0 Å². The summed E-state index contributed by atoms with van der Waals surface area (Å²) in [7, 11) is 1.74. The van der Waals surface area contributed by atoms with Crippen molar-refractivity contribution in [3.8, 4) is 11.5 Å². The zero-order valence-electron chi connectivity index (χ0n) is 7.45. The predicted octanol–water partition coefficient (Wildman–Crippen LogP) is -0.119. The number of aromatic nitrogens is 4. The first-order chi connectivity index (χ1) is 6.66. The first kappa shape index (κ1) is 8.49. The third-order valence-electron chi connectivity index (χ3n) is 1.73. The maximum absolute atomic E-state index is 11.0. The molecule has 2 rings (SSSR count). The van der Waals surface area contributed by atoms with Crippen molar-refractivity contribution in [2.75, 3.05) is 0 Å². The molecule has 2 aromatic rings. The van der Waals surface area contributed by atoms with Gasteiger partial charge in [-0.3, -0.25) is 9.48 Å². The van der Waals surface area contributed by atoms with Crippen molar-refractivity contribution in [3.05, 3.63) is 34.9 Å². The second kappa shape index (κ2) is 2.99. The normalized spacial score (nSPS) is 10.4. The second-order valence-corrected chi connectivity index (χ2v) is 2.81. The predicted molar refractivity (Wildman–Crippen MR) is 47.9 cm³/mol. The number of hydrogen-bond acceptors (Lipinski definition) is 4. The molecule has 0 aromatic carbocycles. The Morgan fingerprint density at radius 2 is 2.14 bits per heavy atom.